The van der Waals surface area contributed by atoms with Gasteiger partial charge in [-0.15, -0.1) is 0 Å². The van der Waals surface area contributed by atoms with Crippen molar-refractivity contribution in [2.45, 2.75) is 25.9 Å². The maximum atomic E-state index is 12.5. The Hall–Kier alpha value is -2.74. The molecule has 0 saturated carbocycles. The van der Waals surface area contributed by atoms with Gasteiger partial charge in [0.2, 0.25) is 0 Å². The summed E-state index contributed by atoms with van der Waals surface area (Å²) in [4.78, 5) is 29.5. The highest BCUT2D eigenvalue weighted by molar-refractivity contribution is 5.81. The summed E-state index contributed by atoms with van der Waals surface area (Å²) < 4.78 is 5.52. The Kier molecular flexibility index (Phi) is 5.15. The fraction of sp³-hybridized carbons (Fsp3) is 0.474. The van der Waals surface area contributed by atoms with Crippen LogP contribution in [0.1, 0.15) is 18.4 Å². The first-order valence-corrected chi connectivity index (χ1v) is 9.36. The van der Waals surface area contributed by atoms with E-state index < -0.39 is 0 Å². The molecule has 2 aromatic heterocycles. The summed E-state index contributed by atoms with van der Waals surface area (Å²) >= 11 is 0. The second-order valence-electron chi connectivity index (χ2n) is 6.92. The van der Waals surface area contributed by atoms with Crippen LogP contribution in [0, 0.1) is 6.92 Å². The first-order valence-electron chi connectivity index (χ1n) is 9.36. The molecule has 27 heavy (non-hydrogen) atoms. The van der Waals surface area contributed by atoms with Crippen LogP contribution in [0.3, 0.4) is 0 Å². The first kappa shape index (κ1) is 17.7. The summed E-state index contributed by atoms with van der Waals surface area (Å²) in [5, 5.41) is 3.22. The number of aryl methyl sites for hydroxylation is 1. The molecule has 2 aliphatic rings. The lowest BCUT2D eigenvalue weighted by Crippen LogP contribution is -2.51. The number of hydrogen-bond acceptors (Lipinski definition) is 7. The summed E-state index contributed by atoms with van der Waals surface area (Å²) in [7, 11) is 0. The maximum absolute atomic E-state index is 12.5. The normalized spacial score (nSPS) is 20.0. The molecule has 1 unspecified atom stereocenters. The smallest absolute Gasteiger partial charge is 0.251 e. The van der Waals surface area contributed by atoms with Gasteiger partial charge in [-0.25, -0.2) is 15.0 Å². The van der Waals surface area contributed by atoms with Crippen molar-refractivity contribution in [3.8, 4) is 0 Å². The fourth-order valence-electron chi connectivity index (χ4n) is 3.46. The second-order valence-corrected chi connectivity index (χ2v) is 6.92. The number of piperazine rings is 1. The van der Waals surface area contributed by atoms with Gasteiger partial charge in [-0.2, -0.15) is 0 Å². The number of anilines is 3. The van der Waals surface area contributed by atoms with Gasteiger partial charge in [-0.1, -0.05) is 0 Å². The van der Waals surface area contributed by atoms with Gasteiger partial charge in [0.25, 0.3) is 5.91 Å². The minimum atomic E-state index is -0.242. The number of carbonyl (C=O) groups excluding carboxylic acids is 1. The van der Waals surface area contributed by atoms with Gasteiger partial charge in [-0.05, 0) is 37.5 Å². The zero-order valence-electron chi connectivity index (χ0n) is 15.5. The Labute approximate surface area is 158 Å². The summed E-state index contributed by atoms with van der Waals surface area (Å²) in [5.41, 5.74) is 1.13. The monoisotopic (exact) mass is 368 g/mol. The zero-order chi connectivity index (χ0) is 18.6. The quantitative estimate of drug-likeness (QED) is 0.880. The van der Waals surface area contributed by atoms with Gasteiger partial charge < -0.3 is 19.9 Å². The third-order valence-electron chi connectivity index (χ3n) is 4.94. The van der Waals surface area contributed by atoms with Crippen molar-refractivity contribution in [1.29, 1.82) is 0 Å². The number of carbonyl (C=O) groups is 1. The van der Waals surface area contributed by atoms with E-state index in [1.165, 1.54) is 0 Å². The Bertz CT molecular complexity index is 800. The van der Waals surface area contributed by atoms with Gasteiger partial charge >= 0.3 is 0 Å². The molecule has 0 spiro atoms. The predicted molar refractivity (Wildman–Crippen MR) is 102 cm³/mol. The van der Waals surface area contributed by atoms with Crippen molar-refractivity contribution < 1.29 is 9.53 Å². The van der Waals surface area contributed by atoms with Crippen LogP contribution in [0.25, 0.3) is 0 Å². The number of hydrogen-bond donors (Lipinski definition) is 1. The van der Waals surface area contributed by atoms with Crippen LogP contribution in [0.2, 0.25) is 0 Å². The van der Waals surface area contributed by atoms with E-state index >= 15 is 0 Å². The van der Waals surface area contributed by atoms with E-state index in [0.29, 0.717) is 25.5 Å². The molecule has 2 aromatic rings. The molecule has 4 rings (SSSR count). The summed E-state index contributed by atoms with van der Waals surface area (Å²) in [6, 6.07) is 5.84. The van der Waals surface area contributed by atoms with Crippen LogP contribution in [0.5, 0.6) is 0 Å². The molecule has 2 saturated heterocycles. The third kappa shape index (κ3) is 4.16. The van der Waals surface area contributed by atoms with E-state index in [0.717, 1.165) is 43.1 Å². The van der Waals surface area contributed by atoms with Gasteiger partial charge in [0.05, 0.1) is 0 Å². The van der Waals surface area contributed by atoms with Crippen molar-refractivity contribution in [1.82, 2.24) is 19.9 Å². The Morgan fingerprint density at radius 1 is 1.15 bits per heavy atom. The number of ether oxygens (including phenoxy) is 1. The van der Waals surface area contributed by atoms with Crippen LogP contribution in [-0.4, -0.2) is 64.6 Å². The number of aromatic nitrogens is 3. The Balaban J connectivity index is 1.37. The molecule has 8 nitrogen and oxygen atoms in total. The predicted octanol–water partition coefficient (Wildman–Crippen LogP) is 1.75. The van der Waals surface area contributed by atoms with Gasteiger partial charge in [-0.3, -0.25) is 4.79 Å². The highest BCUT2D eigenvalue weighted by atomic mass is 16.5. The molecule has 142 valence electrons. The van der Waals surface area contributed by atoms with Crippen molar-refractivity contribution >= 4 is 23.4 Å². The lowest BCUT2D eigenvalue weighted by Gasteiger charge is -2.36. The van der Waals surface area contributed by atoms with Crippen molar-refractivity contribution in [2.24, 2.45) is 0 Å². The minimum Gasteiger partial charge on any atom is -0.368 e. The van der Waals surface area contributed by atoms with Crippen LogP contribution in [-0.2, 0) is 9.53 Å². The number of pyridine rings is 1. The summed E-state index contributed by atoms with van der Waals surface area (Å²) in [5.74, 6) is 2.44. The van der Waals surface area contributed by atoms with Gasteiger partial charge in [0.15, 0.2) is 0 Å². The highest BCUT2D eigenvalue weighted by Gasteiger charge is 2.30. The molecule has 1 N–H and O–H groups in total. The average Bonchev–Trinajstić information content (AvgIpc) is 3.23. The summed E-state index contributed by atoms with van der Waals surface area (Å²) in [6.07, 6.45) is 4.89. The van der Waals surface area contributed by atoms with Crippen LogP contribution < -0.4 is 10.2 Å². The largest absolute Gasteiger partial charge is 0.368 e. The molecular weight excluding hydrogens is 344 g/mol. The van der Waals surface area contributed by atoms with E-state index in [4.69, 9.17) is 4.74 Å². The van der Waals surface area contributed by atoms with Crippen molar-refractivity contribution in [3.05, 3.63) is 36.3 Å². The molecule has 2 fully saturated rings. The molecule has 1 atom stereocenters. The van der Waals surface area contributed by atoms with E-state index in [9.17, 15) is 4.79 Å². The highest BCUT2D eigenvalue weighted by Crippen LogP contribution is 2.20. The molecule has 1 amide bonds. The molecule has 0 radical (unpaired) electrons. The Morgan fingerprint density at radius 3 is 2.70 bits per heavy atom. The number of rotatable bonds is 4. The molecule has 4 heterocycles. The average molecular weight is 368 g/mol. The zero-order valence-corrected chi connectivity index (χ0v) is 15.5. The summed E-state index contributed by atoms with van der Waals surface area (Å²) in [6.45, 7) is 5.59. The molecule has 0 aliphatic carbocycles. The number of amides is 1. The van der Waals surface area contributed by atoms with Gasteiger partial charge in [0.1, 0.15) is 29.9 Å². The van der Waals surface area contributed by atoms with Crippen molar-refractivity contribution in [2.75, 3.05) is 43.0 Å². The fourth-order valence-corrected chi connectivity index (χ4v) is 3.46. The van der Waals surface area contributed by atoms with E-state index in [2.05, 4.69) is 25.2 Å². The van der Waals surface area contributed by atoms with Crippen LogP contribution in [0.4, 0.5) is 17.5 Å². The van der Waals surface area contributed by atoms with Crippen LogP contribution >= 0.6 is 0 Å². The first-order chi connectivity index (χ1) is 13.2. The molecule has 0 aromatic carbocycles. The van der Waals surface area contributed by atoms with Crippen molar-refractivity contribution in [3.63, 3.8) is 0 Å². The molecule has 0 bridgehead atoms. The van der Waals surface area contributed by atoms with E-state index in [1.54, 1.807) is 12.5 Å². The standard InChI is InChI=1S/C19H24N6O2/c1-14-4-5-20-16(11-14)23-17-12-18(22-13-21-17)24-6-8-25(9-7-24)19(26)15-3-2-10-27-15/h4-5,11-13,15H,2-3,6-10H2,1H3,(H,20,21,22,23). The lowest BCUT2D eigenvalue weighted by molar-refractivity contribution is -0.141. The second kappa shape index (κ2) is 7.87. The Morgan fingerprint density at radius 2 is 1.96 bits per heavy atom. The van der Waals surface area contributed by atoms with E-state index in [-0.39, 0.29) is 12.0 Å². The third-order valence-corrected chi connectivity index (χ3v) is 4.94. The van der Waals surface area contributed by atoms with Gasteiger partial charge in [0, 0.05) is 45.0 Å². The number of nitrogens with one attached hydrogen (secondary N) is 1. The SMILES string of the molecule is Cc1ccnc(Nc2cc(N3CCN(C(=O)C4CCCO4)CC3)ncn2)c1. The topological polar surface area (TPSA) is 83.5 Å². The van der Waals surface area contributed by atoms with E-state index in [1.807, 2.05) is 30.0 Å². The van der Waals surface area contributed by atoms with Crippen LogP contribution in [0.15, 0.2) is 30.7 Å². The maximum Gasteiger partial charge on any atom is 0.251 e. The lowest BCUT2D eigenvalue weighted by atomic mass is 10.2. The molecular formula is C19H24N6O2. The number of nitrogens with zero attached hydrogens (tertiary/aromatic N) is 5. The minimum absolute atomic E-state index is 0.128. The molecule has 8 heteroatoms. The molecule has 2 aliphatic heterocycles.